The minimum atomic E-state index is -0.673. The second-order valence-electron chi connectivity index (χ2n) is 7.39. The van der Waals surface area contributed by atoms with E-state index in [4.69, 9.17) is 9.47 Å². The van der Waals surface area contributed by atoms with Gasteiger partial charge in [0.05, 0.1) is 0 Å². The summed E-state index contributed by atoms with van der Waals surface area (Å²) in [5.74, 6) is 0.811. The molecule has 5 heteroatoms. The SMILES string of the molecule is CCCOC1(C(=O)Nc2ccc(OCCN(C)C)cc2)CCCCCC1. The maximum absolute atomic E-state index is 13.0. The lowest BCUT2D eigenvalue weighted by atomic mass is 9.92. The second-order valence-corrected chi connectivity index (χ2v) is 7.39. The van der Waals surface area contributed by atoms with Gasteiger partial charge in [0, 0.05) is 18.8 Å². The molecule has 0 aliphatic heterocycles. The van der Waals surface area contributed by atoms with Crippen molar-refractivity contribution in [1.82, 2.24) is 4.90 Å². The molecule has 1 aromatic carbocycles. The van der Waals surface area contributed by atoms with E-state index < -0.39 is 5.60 Å². The Bertz CT molecular complexity index is 535. The number of likely N-dealkylation sites (N-methyl/N-ethyl adjacent to an activating group) is 1. The summed E-state index contributed by atoms with van der Waals surface area (Å²) in [5.41, 5.74) is 0.117. The van der Waals surface area contributed by atoms with Crippen LogP contribution < -0.4 is 10.1 Å². The monoisotopic (exact) mass is 362 g/mol. The van der Waals surface area contributed by atoms with E-state index in [1.807, 2.05) is 38.4 Å². The third-order valence-electron chi connectivity index (χ3n) is 4.83. The van der Waals surface area contributed by atoms with Gasteiger partial charge in [-0.3, -0.25) is 4.79 Å². The quantitative estimate of drug-likeness (QED) is 0.673. The van der Waals surface area contributed by atoms with Crippen LogP contribution in [0.4, 0.5) is 5.69 Å². The summed E-state index contributed by atoms with van der Waals surface area (Å²) < 4.78 is 11.8. The Morgan fingerprint density at radius 1 is 1.08 bits per heavy atom. The van der Waals surface area contributed by atoms with Gasteiger partial charge in [0.15, 0.2) is 0 Å². The molecular formula is C21H34N2O3. The molecule has 1 N–H and O–H groups in total. The van der Waals surface area contributed by atoms with Crippen molar-refractivity contribution >= 4 is 11.6 Å². The highest BCUT2D eigenvalue weighted by Gasteiger charge is 2.39. The topological polar surface area (TPSA) is 50.8 Å². The third kappa shape index (κ3) is 6.29. The molecule has 0 heterocycles. The number of amides is 1. The van der Waals surface area contributed by atoms with Crippen molar-refractivity contribution < 1.29 is 14.3 Å². The van der Waals surface area contributed by atoms with E-state index in [1.165, 1.54) is 12.8 Å². The van der Waals surface area contributed by atoms with Gasteiger partial charge in [-0.2, -0.15) is 0 Å². The van der Waals surface area contributed by atoms with Crippen molar-refractivity contribution in [3.63, 3.8) is 0 Å². The smallest absolute Gasteiger partial charge is 0.256 e. The molecular weight excluding hydrogens is 328 g/mol. The minimum absolute atomic E-state index is 0.00544. The molecule has 0 saturated heterocycles. The third-order valence-corrected chi connectivity index (χ3v) is 4.83. The van der Waals surface area contributed by atoms with Gasteiger partial charge in [-0.1, -0.05) is 32.6 Å². The van der Waals surface area contributed by atoms with Gasteiger partial charge in [0.2, 0.25) is 0 Å². The molecule has 0 radical (unpaired) electrons. The van der Waals surface area contributed by atoms with E-state index >= 15 is 0 Å². The van der Waals surface area contributed by atoms with E-state index in [1.54, 1.807) is 0 Å². The number of carbonyl (C=O) groups excluding carboxylic acids is 1. The zero-order valence-corrected chi connectivity index (χ0v) is 16.6. The Hall–Kier alpha value is -1.59. The van der Waals surface area contributed by atoms with Crippen LogP contribution in [0.25, 0.3) is 0 Å². The van der Waals surface area contributed by atoms with Gasteiger partial charge in [-0.15, -0.1) is 0 Å². The maximum Gasteiger partial charge on any atom is 0.256 e. The molecule has 1 amide bonds. The highest BCUT2D eigenvalue weighted by atomic mass is 16.5. The molecule has 1 aliphatic rings. The Kier molecular flexibility index (Phi) is 8.39. The lowest BCUT2D eigenvalue weighted by Gasteiger charge is -2.31. The van der Waals surface area contributed by atoms with E-state index in [9.17, 15) is 4.79 Å². The summed E-state index contributed by atoms with van der Waals surface area (Å²) in [5, 5.41) is 3.06. The predicted octanol–water partition coefficient (Wildman–Crippen LogP) is 4.09. The van der Waals surface area contributed by atoms with Crippen LogP contribution in [0.5, 0.6) is 5.75 Å². The van der Waals surface area contributed by atoms with Gasteiger partial charge < -0.3 is 19.7 Å². The van der Waals surface area contributed by atoms with Crippen LogP contribution in [0.15, 0.2) is 24.3 Å². The molecule has 0 unspecified atom stereocenters. The molecule has 0 spiro atoms. The molecule has 0 atom stereocenters. The fraction of sp³-hybridized carbons (Fsp3) is 0.667. The van der Waals surface area contributed by atoms with Crippen LogP contribution in [0.3, 0.4) is 0 Å². The zero-order valence-electron chi connectivity index (χ0n) is 16.6. The van der Waals surface area contributed by atoms with E-state index in [0.717, 1.165) is 50.1 Å². The molecule has 2 rings (SSSR count). The van der Waals surface area contributed by atoms with Crippen molar-refractivity contribution in [2.45, 2.75) is 57.5 Å². The predicted molar refractivity (Wildman–Crippen MR) is 106 cm³/mol. The van der Waals surface area contributed by atoms with Crippen molar-refractivity contribution in [3.8, 4) is 5.75 Å². The number of anilines is 1. The number of nitrogens with one attached hydrogen (secondary N) is 1. The van der Waals surface area contributed by atoms with Gasteiger partial charge >= 0.3 is 0 Å². The highest BCUT2D eigenvalue weighted by Crippen LogP contribution is 2.32. The molecule has 5 nitrogen and oxygen atoms in total. The number of nitrogens with zero attached hydrogens (tertiary/aromatic N) is 1. The zero-order chi connectivity index (χ0) is 18.8. The molecule has 1 aliphatic carbocycles. The largest absolute Gasteiger partial charge is 0.492 e. The van der Waals surface area contributed by atoms with Crippen LogP contribution in [0.2, 0.25) is 0 Å². The van der Waals surface area contributed by atoms with E-state index in [-0.39, 0.29) is 5.91 Å². The molecule has 1 aromatic rings. The van der Waals surface area contributed by atoms with Crippen LogP contribution in [0.1, 0.15) is 51.9 Å². The lowest BCUT2D eigenvalue weighted by Crippen LogP contribution is -2.45. The Labute approximate surface area is 158 Å². The summed E-state index contributed by atoms with van der Waals surface area (Å²) in [6, 6.07) is 7.59. The first-order chi connectivity index (χ1) is 12.6. The normalized spacial score (nSPS) is 16.9. The number of hydrogen-bond donors (Lipinski definition) is 1. The highest BCUT2D eigenvalue weighted by molar-refractivity contribution is 5.97. The number of hydrogen-bond acceptors (Lipinski definition) is 4. The van der Waals surface area contributed by atoms with Crippen LogP contribution in [0, 0.1) is 0 Å². The first-order valence-corrected chi connectivity index (χ1v) is 9.89. The average Bonchev–Trinajstić information content (AvgIpc) is 2.88. The fourth-order valence-corrected chi connectivity index (χ4v) is 3.26. The number of carbonyl (C=O) groups is 1. The number of benzene rings is 1. The molecule has 1 fully saturated rings. The second kappa shape index (κ2) is 10.5. The van der Waals surface area contributed by atoms with E-state index in [2.05, 4.69) is 17.1 Å². The first-order valence-electron chi connectivity index (χ1n) is 9.89. The van der Waals surface area contributed by atoms with Crippen molar-refractivity contribution in [1.29, 1.82) is 0 Å². The lowest BCUT2D eigenvalue weighted by molar-refractivity contribution is -0.143. The summed E-state index contributed by atoms with van der Waals surface area (Å²) in [6.45, 7) is 4.23. The van der Waals surface area contributed by atoms with Crippen LogP contribution in [-0.2, 0) is 9.53 Å². The summed E-state index contributed by atoms with van der Waals surface area (Å²) in [6.07, 6.45) is 7.02. The van der Waals surface area contributed by atoms with Crippen molar-refractivity contribution in [3.05, 3.63) is 24.3 Å². The number of ether oxygens (including phenoxy) is 2. The summed E-state index contributed by atoms with van der Waals surface area (Å²) in [4.78, 5) is 15.1. The Balaban J connectivity index is 1.97. The molecule has 1 saturated carbocycles. The molecule has 0 aromatic heterocycles. The Morgan fingerprint density at radius 2 is 1.73 bits per heavy atom. The van der Waals surface area contributed by atoms with Crippen molar-refractivity contribution in [2.75, 3.05) is 39.2 Å². The summed E-state index contributed by atoms with van der Waals surface area (Å²) in [7, 11) is 4.04. The van der Waals surface area contributed by atoms with E-state index in [0.29, 0.717) is 13.2 Å². The van der Waals surface area contributed by atoms with Crippen LogP contribution in [-0.4, -0.2) is 50.3 Å². The molecule has 146 valence electrons. The van der Waals surface area contributed by atoms with Gasteiger partial charge in [-0.05, 0) is 57.6 Å². The van der Waals surface area contributed by atoms with Gasteiger partial charge in [0.25, 0.3) is 5.91 Å². The standard InChI is InChI=1S/C21H34N2O3/c1-4-16-26-21(13-7-5-6-8-14-21)20(24)22-18-9-11-19(12-10-18)25-17-15-23(2)3/h9-12H,4-8,13-17H2,1-3H3,(H,22,24). The average molecular weight is 363 g/mol. The Morgan fingerprint density at radius 3 is 2.31 bits per heavy atom. The maximum atomic E-state index is 13.0. The molecule has 0 bridgehead atoms. The fourth-order valence-electron chi connectivity index (χ4n) is 3.26. The minimum Gasteiger partial charge on any atom is -0.492 e. The van der Waals surface area contributed by atoms with Gasteiger partial charge in [0.1, 0.15) is 18.0 Å². The summed E-state index contributed by atoms with van der Waals surface area (Å²) >= 11 is 0. The number of rotatable bonds is 9. The first kappa shape index (κ1) is 20.7. The van der Waals surface area contributed by atoms with Crippen molar-refractivity contribution in [2.24, 2.45) is 0 Å². The van der Waals surface area contributed by atoms with Gasteiger partial charge in [-0.25, -0.2) is 0 Å². The van der Waals surface area contributed by atoms with Crippen LogP contribution >= 0.6 is 0 Å². The molecule has 26 heavy (non-hydrogen) atoms.